The van der Waals surface area contributed by atoms with Crippen LogP contribution in [0.15, 0.2) is 68.6 Å². The Hall–Kier alpha value is -2.19. The van der Waals surface area contributed by atoms with Gasteiger partial charge in [-0.05, 0) is 57.2 Å². The number of phenols is 1. The molecule has 0 amide bonds. The molecule has 1 saturated heterocycles. The van der Waals surface area contributed by atoms with Gasteiger partial charge in [0, 0.05) is 29.4 Å². The van der Waals surface area contributed by atoms with Crippen LogP contribution < -0.4 is 39.0 Å². The van der Waals surface area contributed by atoms with E-state index in [1.165, 1.54) is 34.6 Å². The van der Waals surface area contributed by atoms with E-state index in [-0.39, 0.29) is 83.7 Å². The SMILES string of the molecule is CC(C)(C)NS(=O)(=O)c1cc(N=Nc2ccc(S(=O)(=O)[O-])cc2)c2c(NS(=O)(=O)N3CCOCC3)cccc2c1O.[Na+]. The maximum atomic E-state index is 13.2. The molecule has 222 valence electrons. The van der Waals surface area contributed by atoms with Crippen molar-refractivity contribution < 1.29 is 69.2 Å². The van der Waals surface area contributed by atoms with Gasteiger partial charge in [0.1, 0.15) is 20.8 Å². The Morgan fingerprint density at radius 3 is 2.14 bits per heavy atom. The molecule has 0 bridgehead atoms. The number of aromatic hydroxyl groups is 1. The van der Waals surface area contributed by atoms with E-state index in [1.54, 1.807) is 20.8 Å². The van der Waals surface area contributed by atoms with Crippen molar-refractivity contribution in [1.82, 2.24) is 9.03 Å². The summed E-state index contributed by atoms with van der Waals surface area (Å²) >= 11 is 0. The van der Waals surface area contributed by atoms with Crippen LogP contribution in [-0.4, -0.2) is 71.1 Å². The second kappa shape index (κ2) is 12.8. The van der Waals surface area contributed by atoms with Crippen LogP contribution in [0, 0.1) is 0 Å². The number of nitrogens with zero attached hydrogens (tertiary/aromatic N) is 3. The fourth-order valence-corrected chi connectivity index (χ4v) is 7.26. The van der Waals surface area contributed by atoms with Gasteiger partial charge in [-0.1, -0.05) is 12.1 Å². The molecule has 18 heteroatoms. The number of hydrogen-bond donors (Lipinski definition) is 3. The molecule has 0 spiro atoms. The molecule has 1 heterocycles. The van der Waals surface area contributed by atoms with Crippen molar-refractivity contribution in [2.45, 2.75) is 36.1 Å². The first kappa shape index (κ1) is 34.3. The second-order valence-corrected chi connectivity index (χ2v) is 14.8. The van der Waals surface area contributed by atoms with Crippen molar-refractivity contribution in [2.75, 3.05) is 31.0 Å². The molecule has 0 radical (unpaired) electrons. The molecule has 4 rings (SSSR count). The van der Waals surface area contributed by atoms with Gasteiger partial charge in [0.15, 0.2) is 0 Å². The number of phenolic OH excluding ortho intramolecular Hbond substituents is 1. The maximum Gasteiger partial charge on any atom is 1.00 e. The Bertz CT molecular complexity index is 1820. The topological polar surface area (TPSA) is 207 Å². The van der Waals surface area contributed by atoms with Crippen LogP contribution in [0.2, 0.25) is 0 Å². The van der Waals surface area contributed by atoms with E-state index in [9.17, 15) is 34.9 Å². The van der Waals surface area contributed by atoms with Crippen molar-refractivity contribution in [2.24, 2.45) is 10.2 Å². The van der Waals surface area contributed by atoms with Crippen LogP contribution in [-0.2, 0) is 35.1 Å². The number of anilines is 1. The Morgan fingerprint density at radius 2 is 1.57 bits per heavy atom. The normalized spacial score (nSPS) is 15.5. The van der Waals surface area contributed by atoms with Gasteiger partial charge in [-0.3, -0.25) is 4.72 Å². The molecule has 0 atom stereocenters. The van der Waals surface area contributed by atoms with E-state index in [1.807, 2.05) is 0 Å². The number of nitrogens with one attached hydrogen (secondary N) is 2. The van der Waals surface area contributed by atoms with Crippen LogP contribution in [0.1, 0.15) is 20.8 Å². The molecule has 0 aromatic heterocycles. The summed E-state index contributed by atoms with van der Waals surface area (Å²) in [5, 5.41) is 19.3. The summed E-state index contributed by atoms with van der Waals surface area (Å²) in [5.74, 6) is -0.631. The number of morpholine rings is 1. The smallest absolute Gasteiger partial charge is 0.744 e. The van der Waals surface area contributed by atoms with Crippen molar-refractivity contribution >= 4 is 58.2 Å². The zero-order chi connectivity index (χ0) is 30.2. The summed E-state index contributed by atoms with van der Waals surface area (Å²) < 4.78 is 97.8. The molecular weight excluding hydrogens is 621 g/mol. The van der Waals surface area contributed by atoms with E-state index in [0.717, 1.165) is 18.2 Å². The Balaban J connectivity index is 0.00000484. The van der Waals surface area contributed by atoms with Gasteiger partial charge in [-0.25, -0.2) is 21.6 Å². The number of hydrogen-bond acceptors (Lipinski definition) is 11. The molecule has 0 aliphatic carbocycles. The molecule has 3 aromatic rings. The number of benzene rings is 3. The first-order chi connectivity index (χ1) is 19.0. The number of rotatable bonds is 8. The molecule has 3 N–H and O–H groups in total. The van der Waals surface area contributed by atoms with Crippen LogP contribution in [0.4, 0.5) is 17.1 Å². The molecule has 0 unspecified atom stereocenters. The third kappa shape index (κ3) is 8.04. The number of azo groups is 1. The van der Waals surface area contributed by atoms with Crippen molar-refractivity contribution in [3.05, 3.63) is 48.5 Å². The third-order valence-corrected chi connectivity index (χ3v) is 9.90. The first-order valence-electron chi connectivity index (χ1n) is 12.1. The molecule has 1 fully saturated rings. The maximum absolute atomic E-state index is 13.2. The van der Waals surface area contributed by atoms with Gasteiger partial charge >= 0.3 is 39.8 Å². The molecule has 14 nitrogen and oxygen atoms in total. The number of sulfonamides is 1. The van der Waals surface area contributed by atoms with Crippen LogP contribution in [0.3, 0.4) is 0 Å². The summed E-state index contributed by atoms with van der Waals surface area (Å²) in [5.41, 5.74) is -0.907. The fraction of sp³-hybridized carbons (Fsp3) is 0.333. The largest absolute Gasteiger partial charge is 1.00 e. The molecule has 42 heavy (non-hydrogen) atoms. The van der Waals surface area contributed by atoms with E-state index in [2.05, 4.69) is 19.7 Å². The van der Waals surface area contributed by atoms with Crippen molar-refractivity contribution in [3.8, 4) is 5.75 Å². The van der Waals surface area contributed by atoms with Crippen LogP contribution in [0.5, 0.6) is 5.75 Å². The summed E-state index contributed by atoms with van der Waals surface area (Å²) in [4.78, 5) is -0.997. The van der Waals surface area contributed by atoms with Gasteiger partial charge in [0.05, 0.1) is 35.2 Å². The average Bonchev–Trinajstić information content (AvgIpc) is 2.87. The summed E-state index contributed by atoms with van der Waals surface area (Å²) in [7, 11) is -13.1. The zero-order valence-corrected chi connectivity index (χ0v) is 27.7. The van der Waals surface area contributed by atoms with Gasteiger partial charge in [-0.15, -0.1) is 5.11 Å². The number of ether oxygens (including phenoxy) is 1. The van der Waals surface area contributed by atoms with Gasteiger partial charge in [0.2, 0.25) is 10.0 Å². The Labute approximate surface area is 266 Å². The summed E-state index contributed by atoms with van der Waals surface area (Å²) in [6.07, 6.45) is 0. The number of fused-ring (bicyclic) bond motifs is 1. The standard InChI is InChI=1S/C24H29N5O9S3.Na/c1-24(2,3)28-39(31,32)21-15-20(26-25-16-7-9-17(10-8-16)40(33,34)35)22-18(23(21)30)5-4-6-19(22)27-41(36,37)29-11-13-38-14-12-29;/h4-10,15,27-28,30H,11-14H2,1-3H3,(H,33,34,35);/q;+1/p-1. The Morgan fingerprint density at radius 1 is 0.952 bits per heavy atom. The summed E-state index contributed by atoms with van der Waals surface area (Å²) in [6.45, 7) is 5.52. The monoisotopic (exact) mass is 649 g/mol. The third-order valence-electron chi connectivity index (χ3n) is 5.75. The molecule has 3 aromatic carbocycles. The van der Waals surface area contributed by atoms with E-state index < -0.39 is 51.4 Å². The Kier molecular flexibility index (Phi) is 10.5. The molecule has 1 aliphatic heterocycles. The fourth-order valence-electron chi connectivity index (χ4n) is 4.03. The van der Waals surface area contributed by atoms with Crippen LogP contribution in [0.25, 0.3) is 10.8 Å². The molecule has 1 aliphatic rings. The van der Waals surface area contributed by atoms with Gasteiger partial charge in [-0.2, -0.15) is 17.8 Å². The van der Waals surface area contributed by atoms with E-state index in [4.69, 9.17) is 4.74 Å². The first-order valence-corrected chi connectivity index (χ1v) is 16.5. The van der Waals surface area contributed by atoms with Gasteiger partial charge in [0.25, 0.3) is 0 Å². The average molecular weight is 650 g/mol. The minimum Gasteiger partial charge on any atom is -0.744 e. The summed E-state index contributed by atoms with van der Waals surface area (Å²) in [6, 6.07) is 9.84. The molecular formula is C24H28N5NaO9S3. The minimum atomic E-state index is -4.69. The zero-order valence-electron chi connectivity index (χ0n) is 23.2. The van der Waals surface area contributed by atoms with Crippen LogP contribution >= 0.6 is 0 Å². The predicted octanol–water partition coefficient (Wildman–Crippen LogP) is -0.0654. The predicted molar refractivity (Wildman–Crippen MR) is 149 cm³/mol. The minimum absolute atomic E-state index is 0. The van der Waals surface area contributed by atoms with Crippen molar-refractivity contribution in [1.29, 1.82) is 0 Å². The quantitative estimate of drug-likeness (QED) is 0.169. The van der Waals surface area contributed by atoms with Crippen molar-refractivity contribution in [3.63, 3.8) is 0 Å². The second-order valence-electron chi connectivity index (χ2n) is 10.1. The molecule has 0 saturated carbocycles. The van der Waals surface area contributed by atoms with Gasteiger partial charge < -0.3 is 14.4 Å². The van der Waals surface area contributed by atoms with E-state index in [0.29, 0.717) is 0 Å². The van der Waals surface area contributed by atoms with E-state index >= 15 is 0 Å².